The number of piperazine rings is 1. The maximum absolute atomic E-state index is 13.9. The van der Waals surface area contributed by atoms with Gasteiger partial charge in [-0.3, -0.25) is 4.79 Å². The summed E-state index contributed by atoms with van der Waals surface area (Å²) in [6.07, 6.45) is 0.352. The number of carbonyl (C=O) groups is 1. The predicted octanol–water partition coefficient (Wildman–Crippen LogP) is 3.32. The van der Waals surface area contributed by atoms with E-state index in [1.165, 1.54) is 18.2 Å². The van der Waals surface area contributed by atoms with Crippen LogP contribution in [0.1, 0.15) is 24.1 Å². The van der Waals surface area contributed by atoms with E-state index in [1.807, 2.05) is 13.0 Å². The van der Waals surface area contributed by atoms with E-state index in [0.29, 0.717) is 31.6 Å². The molecule has 2 unspecified atom stereocenters. The molecule has 1 N–H and O–H groups in total. The second kappa shape index (κ2) is 7.74. The molecule has 0 aromatic heterocycles. The fourth-order valence-corrected chi connectivity index (χ4v) is 3.34. The molecular formula is C20H22F2N2O. The fourth-order valence-electron chi connectivity index (χ4n) is 3.34. The molecule has 1 amide bonds. The first kappa shape index (κ1) is 17.5. The highest BCUT2D eigenvalue weighted by atomic mass is 19.1. The molecule has 1 fully saturated rings. The Kier molecular flexibility index (Phi) is 5.43. The first-order valence-electron chi connectivity index (χ1n) is 8.56. The maximum Gasteiger partial charge on any atom is 0.226 e. The summed E-state index contributed by atoms with van der Waals surface area (Å²) in [5.41, 5.74) is 1.32. The van der Waals surface area contributed by atoms with E-state index in [0.717, 1.165) is 5.56 Å². The van der Waals surface area contributed by atoms with E-state index in [9.17, 15) is 13.6 Å². The summed E-state index contributed by atoms with van der Waals surface area (Å²) < 4.78 is 27.4. The van der Waals surface area contributed by atoms with Gasteiger partial charge in [0.2, 0.25) is 5.91 Å². The Hall–Kier alpha value is -2.27. The Balaban J connectivity index is 1.77. The van der Waals surface area contributed by atoms with Gasteiger partial charge in [-0.25, -0.2) is 8.78 Å². The third kappa shape index (κ3) is 4.04. The van der Waals surface area contributed by atoms with Gasteiger partial charge in [-0.15, -0.1) is 0 Å². The van der Waals surface area contributed by atoms with Crippen LogP contribution in [0.25, 0.3) is 0 Å². The van der Waals surface area contributed by atoms with Gasteiger partial charge in [-0.05, 0) is 35.7 Å². The number of benzene rings is 2. The average Bonchev–Trinajstić information content (AvgIpc) is 2.63. The molecule has 0 aliphatic carbocycles. The van der Waals surface area contributed by atoms with E-state index >= 15 is 0 Å². The third-order valence-corrected chi connectivity index (χ3v) is 4.67. The lowest BCUT2D eigenvalue weighted by atomic mass is 9.96. The summed E-state index contributed by atoms with van der Waals surface area (Å²) >= 11 is 0. The van der Waals surface area contributed by atoms with Crippen LogP contribution in [-0.4, -0.2) is 30.4 Å². The summed E-state index contributed by atoms with van der Waals surface area (Å²) in [5, 5.41) is 3.26. The second-order valence-corrected chi connectivity index (χ2v) is 6.50. The Morgan fingerprint density at radius 2 is 2.04 bits per heavy atom. The summed E-state index contributed by atoms with van der Waals surface area (Å²) in [6, 6.07) is 12.7. The van der Waals surface area contributed by atoms with Crippen LogP contribution in [-0.2, 0) is 11.2 Å². The van der Waals surface area contributed by atoms with Crippen LogP contribution in [0.2, 0.25) is 0 Å². The molecular weight excluding hydrogens is 322 g/mol. The van der Waals surface area contributed by atoms with Crippen molar-refractivity contribution in [3.63, 3.8) is 0 Å². The lowest BCUT2D eigenvalue weighted by Crippen LogP contribution is -2.50. The molecule has 1 saturated heterocycles. The summed E-state index contributed by atoms with van der Waals surface area (Å²) in [5.74, 6) is -0.968. The number of carbonyl (C=O) groups excluding carboxylic acids is 1. The van der Waals surface area contributed by atoms with Crippen molar-refractivity contribution in [2.45, 2.75) is 19.4 Å². The molecule has 1 heterocycles. The van der Waals surface area contributed by atoms with E-state index in [-0.39, 0.29) is 29.5 Å². The first-order chi connectivity index (χ1) is 12.1. The number of hydrogen-bond donors (Lipinski definition) is 1. The summed E-state index contributed by atoms with van der Waals surface area (Å²) in [4.78, 5) is 14.8. The highest BCUT2D eigenvalue weighted by Crippen LogP contribution is 2.26. The molecule has 0 radical (unpaired) electrons. The molecule has 1 aliphatic rings. The minimum atomic E-state index is -0.342. The van der Waals surface area contributed by atoms with Crippen molar-refractivity contribution < 1.29 is 13.6 Å². The van der Waals surface area contributed by atoms with Crippen LogP contribution in [0.4, 0.5) is 8.78 Å². The molecule has 132 valence electrons. The van der Waals surface area contributed by atoms with Crippen molar-refractivity contribution in [1.82, 2.24) is 10.2 Å². The zero-order chi connectivity index (χ0) is 17.8. The van der Waals surface area contributed by atoms with E-state index < -0.39 is 0 Å². The molecule has 5 heteroatoms. The number of rotatable bonds is 4. The lowest BCUT2D eigenvalue weighted by Gasteiger charge is -2.38. The van der Waals surface area contributed by atoms with Gasteiger partial charge < -0.3 is 10.2 Å². The van der Waals surface area contributed by atoms with E-state index in [1.54, 1.807) is 29.2 Å². The van der Waals surface area contributed by atoms with Crippen LogP contribution in [0.5, 0.6) is 0 Å². The number of hydrogen-bond acceptors (Lipinski definition) is 2. The highest BCUT2D eigenvalue weighted by molar-refractivity contribution is 5.79. The van der Waals surface area contributed by atoms with Crippen LogP contribution >= 0.6 is 0 Å². The molecule has 25 heavy (non-hydrogen) atoms. The summed E-state index contributed by atoms with van der Waals surface area (Å²) in [6.45, 7) is 3.66. The van der Waals surface area contributed by atoms with Crippen LogP contribution in [0, 0.1) is 17.6 Å². The molecule has 2 aromatic rings. The standard InChI is InChI=1S/C20H22F2N2O/c1-14(11-15-5-2-3-8-18(15)22)20(25)24-10-9-23-13-19(24)16-6-4-7-17(21)12-16/h2-8,12,14,19,23H,9-11,13H2,1H3. The third-order valence-electron chi connectivity index (χ3n) is 4.67. The minimum Gasteiger partial charge on any atom is -0.333 e. The Morgan fingerprint density at radius 1 is 1.24 bits per heavy atom. The van der Waals surface area contributed by atoms with Gasteiger partial charge in [-0.1, -0.05) is 37.3 Å². The quantitative estimate of drug-likeness (QED) is 0.923. The summed E-state index contributed by atoms with van der Waals surface area (Å²) in [7, 11) is 0. The van der Waals surface area contributed by atoms with Crippen LogP contribution in [0.3, 0.4) is 0 Å². The Bertz CT molecular complexity index is 750. The van der Waals surface area contributed by atoms with E-state index in [2.05, 4.69) is 5.32 Å². The molecule has 2 aromatic carbocycles. The number of nitrogens with zero attached hydrogens (tertiary/aromatic N) is 1. The molecule has 2 atom stereocenters. The van der Waals surface area contributed by atoms with Crippen molar-refractivity contribution in [1.29, 1.82) is 0 Å². The van der Waals surface area contributed by atoms with Crippen molar-refractivity contribution in [3.05, 3.63) is 71.3 Å². The largest absolute Gasteiger partial charge is 0.333 e. The molecule has 1 aliphatic heterocycles. The average molecular weight is 344 g/mol. The number of amides is 1. The van der Waals surface area contributed by atoms with Gasteiger partial charge in [-0.2, -0.15) is 0 Å². The minimum absolute atomic E-state index is 0.0287. The Morgan fingerprint density at radius 3 is 2.80 bits per heavy atom. The first-order valence-corrected chi connectivity index (χ1v) is 8.56. The topological polar surface area (TPSA) is 32.3 Å². The van der Waals surface area contributed by atoms with Crippen LogP contribution in [0.15, 0.2) is 48.5 Å². The maximum atomic E-state index is 13.9. The monoisotopic (exact) mass is 344 g/mol. The SMILES string of the molecule is CC(Cc1ccccc1F)C(=O)N1CCNCC1c1cccc(F)c1. The van der Waals surface area contributed by atoms with Crippen molar-refractivity contribution in [2.75, 3.05) is 19.6 Å². The van der Waals surface area contributed by atoms with Gasteiger partial charge in [0.15, 0.2) is 0 Å². The van der Waals surface area contributed by atoms with Gasteiger partial charge in [0.1, 0.15) is 11.6 Å². The fraction of sp³-hybridized carbons (Fsp3) is 0.350. The van der Waals surface area contributed by atoms with Crippen molar-refractivity contribution >= 4 is 5.91 Å². The molecule has 0 bridgehead atoms. The van der Waals surface area contributed by atoms with Crippen molar-refractivity contribution in [3.8, 4) is 0 Å². The molecule has 0 spiro atoms. The number of halogens is 2. The van der Waals surface area contributed by atoms with Gasteiger partial charge in [0.25, 0.3) is 0 Å². The zero-order valence-electron chi connectivity index (χ0n) is 14.2. The van der Waals surface area contributed by atoms with Gasteiger partial charge in [0.05, 0.1) is 6.04 Å². The van der Waals surface area contributed by atoms with E-state index in [4.69, 9.17) is 0 Å². The lowest BCUT2D eigenvalue weighted by molar-refractivity contribution is -0.138. The van der Waals surface area contributed by atoms with Gasteiger partial charge >= 0.3 is 0 Å². The molecule has 3 nitrogen and oxygen atoms in total. The Labute approximate surface area is 146 Å². The molecule has 0 saturated carbocycles. The predicted molar refractivity (Wildman–Crippen MR) is 93.0 cm³/mol. The highest BCUT2D eigenvalue weighted by Gasteiger charge is 2.31. The van der Waals surface area contributed by atoms with Crippen molar-refractivity contribution in [2.24, 2.45) is 5.92 Å². The number of nitrogens with one attached hydrogen (secondary N) is 1. The normalized spacial score (nSPS) is 18.8. The van der Waals surface area contributed by atoms with Gasteiger partial charge in [0, 0.05) is 25.6 Å². The second-order valence-electron chi connectivity index (χ2n) is 6.50. The molecule has 3 rings (SSSR count). The zero-order valence-corrected chi connectivity index (χ0v) is 14.2. The van der Waals surface area contributed by atoms with Crippen LogP contribution < -0.4 is 5.32 Å². The smallest absolute Gasteiger partial charge is 0.226 e.